The summed E-state index contributed by atoms with van der Waals surface area (Å²) in [6.45, 7) is 0. The largest absolute Gasteiger partial charge is 0.508 e. The number of allylic oxidation sites excluding steroid dienone is 1. The van der Waals surface area contributed by atoms with Crippen LogP contribution in [0.15, 0.2) is 41.7 Å². The Hall–Kier alpha value is -3.89. The second kappa shape index (κ2) is 8.85. The number of nitrogens with two attached hydrogens (primary N) is 1. The lowest BCUT2D eigenvalue weighted by Gasteiger charge is -2.48. The summed E-state index contributed by atoms with van der Waals surface area (Å²) in [7, 11) is 5.17. The smallest absolute Gasteiger partial charge is 0.230 e. The number of Topliss-reactive ketones (excluding diaryl/α,β-unsaturated/α-hetero) is 2. The average Bonchev–Trinajstić information content (AvgIpc) is 2.86. The minimum absolute atomic E-state index is 0.0170. The van der Waals surface area contributed by atoms with Gasteiger partial charge in [0.2, 0.25) is 5.91 Å². The van der Waals surface area contributed by atoms with Gasteiger partial charge < -0.3 is 35.8 Å². The molecule has 3 aliphatic rings. The van der Waals surface area contributed by atoms with Crippen LogP contribution in [0, 0.1) is 17.8 Å². The highest BCUT2D eigenvalue weighted by atomic mass is 16.5. The summed E-state index contributed by atoms with van der Waals surface area (Å²) in [4.78, 5) is 40.9. The van der Waals surface area contributed by atoms with Crippen molar-refractivity contribution >= 4 is 23.2 Å². The van der Waals surface area contributed by atoms with Gasteiger partial charge in [-0.3, -0.25) is 14.4 Å². The van der Waals surface area contributed by atoms with E-state index in [1.807, 2.05) is 19.0 Å². The fourth-order valence-electron chi connectivity index (χ4n) is 6.36. The first-order valence-electron chi connectivity index (χ1n) is 12.3. The quantitative estimate of drug-likeness (QED) is 0.373. The molecule has 1 fully saturated rings. The first-order valence-corrected chi connectivity index (χ1v) is 12.3. The normalized spacial score (nSPS) is 28.3. The maximum absolute atomic E-state index is 14.0. The summed E-state index contributed by atoms with van der Waals surface area (Å²) in [5, 5.41) is 44.5. The Morgan fingerprint density at radius 2 is 1.79 bits per heavy atom. The minimum atomic E-state index is -2.54. The highest BCUT2D eigenvalue weighted by Crippen LogP contribution is 2.53. The fourth-order valence-corrected chi connectivity index (χ4v) is 6.36. The number of carbonyl (C=O) groups excluding carboxylic acids is 3. The number of carbonyl (C=O) groups is 3. The maximum Gasteiger partial charge on any atom is 0.230 e. The van der Waals surface area contributed by atoms with E-state index >= 15 is 0 Å². The molecule has 0 radical (unpaired) electrons. The molecular weight excluding hydrogens is 492 g/mol. The molecule has 0 aliphatic heterocycles. The van der Waals surface area contributed by atoms with Gasteiger partial charge in [-0.1, -0.05) is 12.1 Å². The van der Waals surface area contributed by atoms with Gasteiger partial charge in [-0.15, -0.1) is 0 Å². The van der Waals surface area contributed by atoms with E-state index in [-0.39, 0.29) is 36.1 Å². The van der Waals surface area contributed by atoms with Crippen LogP contribution in [0.3, 0.4) is 0 Å². The molecule has 200 valence electrons. The van der Waals surface area contributed by atoms with Crippen molar-refractivity contribution in [1.82, 2.24) is 0 Å². The van der Waals surface area contributed by atoms with E-state index in [2.05, 4.69) is 0 Å². The summed E-state index contributed by atoms with van der Waals surface area (Å²) in [5.74, 6) is -6.65. The van der Waals surface area contributed by atoms with Gasteiger partial charge in [0.1, 0.15) is 23.2 Å². The third kappa shape index (κ3) is 3.51. The Labute approximate surface area is 218 Å². The zero-order valence-corrected chi connectivity index (χ0v) is 21.3. The van der Waals surface area contributed by atoms with E-state index in [0.29, 0.717) is 28.1 Å². The molecule has 10 heteroatoms. The number of hydrogen-bond donors (Lipinski definition) is 5. The number of aromatic hydroxyl groups is 1. The molecule has 6 N–H and O–H groups in total. The lowest BCUT2D eigenvalue weighted by Crippen LogP contribution is -2.63. The number of ether oxygens (including phenoxy) is 1. The molecule has 2 unspecified atom stereocenters. The molecule has 0 spiro atoms. The Morgan fingerprint density at radius 1 is 1.13 bits per heavy atom. The molecule has 0 heterocycles. The van der Waals surface area contributed by atoms with Gasteiger partial charge in [-0.25, -0.2) is 0 Å². The molecule has 5 atom stereocenters. The Morgan fingerprint density at radius 3 is 2.37 bits per heavy atom. The van der Waals surface area contributed by atoms with Crippen LogP contribution in [0.1, 0.15) is 28.8 Å². The van der Waals surface area contributed by atoms with E-state index in [1.165, 1.54) is 7.11 Å². The number of phenols is 1. The molecule has 1 amide bonds. The van der Waals surface area contributed by atoms with Crippen molar-refractivity contribution in [3.8, 4) is 22.6 Å². The fraction of sp³-hybridized carbons (Fsp3) is 0.393. The van der Waals surface area contributed by atoms with Crippen LogP contribution >= 0.6 is 0 Å². The minimum Gasteiger partial charge on any atom is -0.508 e. The van der Waals surface area contributed by atoms with Gasteiger partial charge >= 0.3 is 0 Å². The van der Waals surface area contributed by atoms with Gasteiger partial charge in [0.05, 0.1) is 18.8 Å². The van der Waals surface area contributed by atoms with Gasteiger partial charge in [0.25, 0.3) is 0 Å². The van der Waals surface area contributed by atoms with Crippen LogP contribution in [0.25, 0.3) is 11.1 Å². The Bertz CT molecular complexity index is 1400. The molecule has 1 saturated carbocycles. The van der Waals surface area contributed by atoms with Crippen molar-refractivity contribution in [2.24, 2.45) is 23.5 Å². The third-order valence-electron chi connectivity index (χ3n) is 8.25. The maximum atomic E-state index is 14.0. The van der Waals surface area contributed by atoms with Gasteiger partial charge in [-0.05, 0) is 54.5 Å². The van der Waals surface area contributed by atoms with Crippen molar-refractivity contribution < 1.29 is 39.5 Å². The molecule has 2 aromatic carbocycles. The SMILES string of the molecule is COc1ccc(-c2cc(N(C)C)c3c(c2O)C(=O)C2=C(O)[C@]4(O)C(=O)C(C(N)=O)C(O)C[C@@H]4C[C@@H]2C3)cc1. The number of aliphatic hydroxyl groups is 3. The number of hydrogen-bond acceptors (Lipinski definition) is 9. The van der Waals surface area contributed by atoms with E-state index in [4.69, 9.17) is 10.5 Å². The van der Waals surface area contributed by atoms with Gasteiger partial charge in [0, 0.05) is 36.8 Å². The first-order chi connectivity index (χ1) is 17.9. The molecule has 5 rings (SSSR count). The number of anilines is 1. The number of primary amides is 1. The second-order valence-electron chi connectivity index (χ2n) is 10.5. The van der Waals surface area contributed by atoms with Gasteiger partial charge in [0.15, 0.2) is 17.2 Å². The molecule has 0 bridgehead atoms. The number of rotatable bonds is 4. The zero-order valence-electron chi connectivity index (χ0n) is 21.3. The standard InChI is InChI=1S/C28H30N2O8/c1-30(2)18-11-16(12-4-6-15(38-3)7-5-12)23(32)21-17(18)9-13-8-14-10-19(31)22(27(29)36)26(35)28(14,37)25(34)20(13)24(21)33/h4-7,11,13-14,19,22,31-32,34,37H,8-10H2,1-3H3,(H2,29,36)/t13-,14+,19?,22?,28+/m1/s1. The zero-order chi connectivity index (χ0) is 27.7. The molecule has 0 aromatic heterocycles. The number of ketones is 2. The van der Waals surface area contributed by atoms with Crippen LogP contribution in [0.2, 0.25) is 0 Å². The molecule has 0 saturated heterocycles. The van der Waals surface area contributed by atoms with Crippen LogP contribution in [-0.4, -0.2) is 70.8 Å². The van der Waals surface area contributed by atoms with Crippen molar-refractivity contribution in [2.75, 3.05) is 26.1 Å². The van der Waals surface area contributed by atoms with Crippen LogP contribution in [0.5, 0.6) is 11.5 Å². The molecule has 2 aromatic rings. The highest BCUT2D eigenvalue weighted by Gasteiger charge is 2.62. The molecule has 38 heavy (non-hydrogen) atoms. The van der Waals surface area contributed by atoms with E-state index in [1.54, 1.807) is 30.3 Å². The van der Waals surface area contributed by atoms with E-state index in [9.17, 15) is 34.8 Å². The number of aliphatic hydroxyl groups excluding tert-OH is 2. The van der Waals surface area contributed by atoms with Crippen molar-refractivity contribution in [1.29, 1.82) is 0 Å². The number of phenolic OH excluding ortho intramolecular Hbond substituents is 1. The third-order valence-corrected chi connectivity index (χ3v) is 8.25. The Kier molecular flexibility index (Phi) is 6.00. The predicted octanol–water partition coefficient (Wildman–Crippen LogP) is 1.49. The van der Waals surface area contributed by atoms with Crippen LogP contribution in [0.4, 0.5) is 5.69 Å². The molecular formula is C28H30N2O8. The number of methoxy groups -OCH3 is 1. The second-order valence-corrected chi connectivity index (χ2v) is 10.5. The highest BCUT2D eigenvalue weighted by molar-refractivity contribution is 6.17. The van der Waals surface area contributed by atoms with E-state index < -0.39 is 52.7 Å². The van der Waals surface area contributed by atoms with E-state index in [0.717, 1.165) is 0 Å². The lowest BCUT2D eigenvalue weighted by molar-refractivity contribution is -0.167. The first kappa shape index (κ1) is 25.7. The number of nitrogens with zero attached hydrogens (tertiary/aromatic N) is 1. The summed E-state index contributed by atoms with van der Waals surface area (Å²) in [5.41, 5.74) is 4.89. The number of amides is 1. The van der Waals surface area contributed by atoms with Crippen molar-refractivity contribution in [3.63, 3.8) is 0 Å². The monoisotopic (exact) mass is 522 g/mol. The van der Waals surface area contributed by atoms with Gasteiger partial charge in [-0.2, -0.15) is 0 Å². The number of fused-ring (bicyclic) bond motifs is 3. The summed E-state index contributed by atoms with van der Waals surface area (Å²) < 4.78 is 5.21. The topological polar surface area (TPSA) is 171 Å². The van der Waals surface area contributed by atoms with Crippen molar-refractivity contribution in [2.45, 2.75) is 31.0 Å². The average molecular weight is 523 g/mol. The van der Waals surface area contributed by atoms with Crippen LogP contribution < -0.4 is 15.4 Å². The summed E-state index contributed by atoms with van der Waals surface area (Å²) >= 11 is 0. The summed E-state index contributed by atoms with van der Waals surface area (Å²) in [6.07, 6.45) is -1.18. The van der Waals surface area contributed by atoms with Crippen LogP contribution in [-0.2, 0) is 16.0 Å². The van der Waals surface area contributed by atoms with Crippen molar-refractivity contribution in [3.05, 3.63) is 52.8 Å². The molecule has 10 nitrogen and oxygen atoms in total. The number of benzene rings is 2. The Balaban J connectivity index is 1.69. The predicted molar refractivity (Wildman–Crippen MR) is 137 cm³/mol. The summed E-state index contributed by atoms with van der Waals surface area (Å²) in [6, 6.07) is 8.74. The lowest BCUT2D eigenvalue weighted by atomic mass is 9.57. The molecule has 3 aliphatic carbocycles.